The van der Waals surface area contributed by atoms with Gasteiger partial charge in [0, 0.05) is 37.4 Å². The highest BCUT2D eigenvalue weighted by Gasteiger charge is 2.28. The van der Waals surface area contributed by atoms with Gasteiger partial charge in [-0.3, -0.25) is 4.79 Å². The van der Waals surface area contributed by atoms with E-state index in [1.165, 1.54) is 0 Å². The second-order valence-corrected chi connectivity index (χ2v) is 10.5. The van der Waals surface area contributed by atoms with Gasteiger partial charge in [-0.15, -0.1) is 0 Å². The Kier molecular flexibility index (Phi) is 7.25. The van der Waals surface area contributed by atoms with Crippen LogP contribution in [0.4, 0.5) is 11.4 Å². The summed E-state index contributed by atoms with van der Waals surface area (Å²) >= 11 is 0. The molecule has 27 heavy (non-hydrogen) atoms. The summed E-state index contributed by atoms with van der Waals surface area (Å²) in [5, 5.41) is 12.5. The smallest absolute Gasteiger partial charge is 0.224 e. The van der Waals surface area contributed by atoms with Crippen molar-refractivity contribution in [3.63, 3.8) is 0 Å². The molecule has 0 aliphatic carbocycles. The van der Waals surface area contributed by atoms with E-state index in [0.717, 1.165) is 24.3 Å². The van der Waals surface area contributed by atoms with Crippen LogP contribution in [-0.4, -0.2) is 49.9 Å². The molecule has 8 heteroatoms. The first kappa shape index (κ1) is 21.7. The van der Waals surface area contributed by atoms with Crippen LogP contribution in [0.25, 0.3) is 0 Å². The van der Waals surface area contributed by atoms with Crippen molar-refractivity contribution in [1.82, 2.24) is 4.72 Å². The molecule has 0 bridgehead atoms. The van der Waals surface area contributed by atoms with Gasteiger partial charge < -0.3 is 15.3 Å². The summed E-state index contributed by atoms with van der Waals surface area (Å²) < 4.78 is 25.6. The lowest BCUT2D eigenvalue weighted by Crippen LogP contribution is -2.39. The number of unbranched alkanes of at least 4 members (excludes halogenated alkanes) is 1. The molecule has 1 fully saturated rings. The van der Waals surface area contributed by atoms with Crippen LogP contribution in [0, 0.1) is 0 Å². The topological polar surface area (TPSA) is 98.7 Å². The van der Waals surface area contributed by atoms with Crippen molar-refractivity contribution >= 4 is 27.3 Å². The Morgan fingerprint density at radius 3 is 2.44 bits per heavy atom. The van der Waals surface area contributed by atoms with Gasteiger partial charge in [-0.25, -0.2) is 13.1 Å². The molecule has 1 aromatic rings. The summed E-state index contributed by atoms with van der Waals surface area (Å²) in [7, 11) is -3.33. The quantitative estimate of drug-likeness (QED) is 0.584. The zero-order chi connectivity index (χ0) is 20.1. The van der Waals surface area contributed by atoms with Crippen LogP contribution in [0.2, 0.25) is 0 Å². The van der Waals surface area contributed by atoms with Crippen LogP contribution in [0.15, 0.2) is 24.3 Å². The molecule has 0 spiro atoms. The van der Waals surface area contributed by atoms with E-state index in [4.69, 9.17) is 0 Å². The zero-order valence-corrected chi connectivity index (χ0v) is 17.2. The van der Waals surface area contributed by atoms with E-state index in [1.54, 1.807) is 20.8 Å². The molecule has 1 aliphatic rings. The van der Waals surface area contributed by atoms with Gasteiger partial charge in [0.1, 0.15) is 0 Å². The van der Waals surface area contributed by atoms with Crippen LogP contribution in [0.5, 0.6) is 0 Å². The number of amides is 1. The maximum atomic E-state index is 12.0. The predicted octanol–water partition coefficient (Wildman–Crippen LogP) is 2.08. The third kappa shape index (κ3) is 6.48. The van der Waals surface area contributed by atoms with Crippen LogP contribution in [0.3, 0.4) is 0 Å². The van der Waals surface area contributed by atoms with Crippen molar-refractivity contribution < 1.29 is 18.3 Å². The lowest BCUT2D eigenvalue weighted by atomic mass is 10.2. The van der Waals surface area contributed by atoms with Gasteiger partial charge in [0.05, 0.1) is 10.9 Å². The van der Waals surface area contributed by atoms with Crippen LogP contribution in [-0.2, 0) is 14.8 Å². The highest BCUT2D eigenvalue weighted by Crippen LogP contribution is 2.22. The van der Waals surface area contributed by atoms with Crippen LogP contribution >= 0.6 is 0 Å². The van der Waals surface area contributed by atoms with Crippen molar-refractivity contribution in [1.29, 1.82) is 0 Å². The minimum absolute atomic E-state index is 0.0852. The lowest BCUT2D eigenvalue weighted by Gasteiger charge is -2.19. The first-order valence-electron chi connectivity index (χ1n) is 9.40. The van der Waals surface area contributed by atoms with Gasteiger partial charge in [0.25, 0.3) is 0 Å². The van der Waals surface area contributed by atoms with Crippen molar-refractivity contribution in [2.75, 3.05) is 29.9 Å². The Morgan fingerprint density at radius 1 is 1.22 bits per heavy atom. The highest BCUT2D eigenvalue weighted by molar-refractivity contribution is 7.90. The maximum Gasteiger partial charge on any atom is 0.224 e. The predicted molar refractivity (Wildman–Crippen MR) is 108 cm³/mol. The number of hydrogen-bond donors (Lipinski definition) is 3. The first-order chi connectivity index (χ1) is 12.6. The summed E-state index contributed by atoms with van der Waals surface area (Å²) in [6, 6.07) is 7.59. The molecule has 152 valence electrons. The molecule has 0 aromatic heterocycles. The second-order valence-electron chi connectivity index (χ2n) is 7.95. The number of sulfonamides is 1. The van der Waals surface area contributed by atoms with E-state index < -0.39 is 14.8 Å². The maximum absolute atomic E-state index is 12.0. The van der Waals surface area contributed by atoms with Gasteiger partial charge >= 0.3 is 0 Å². The number of carbonyl (C=O) groups excluding carboxylic acids is 1. The van der Waals surface area contributed by atoms with E-state index >= 15 is 0 Å². The standard InChI is InChI=1S/C19H31N3O4S/c1-19(2,3)27(25,26)20-12-5-4-6-18(24)21-15-7-9-16(10-8-15)22-13-11-17(23)14-22/h7-10,17,20,23H,4-6,11-14H2,1-3H3,(H,21,24). The fourth-order valence-electron chi connectivity index (χ4n) is 2.79. The summed E-state index contributed by atoms with van der Waals surface area (Å²) in [5.41, 5.74) is 1.77. The number of hydrogen-bond acceptors (Lipinski definition) is 5. The van der Waals surface area contributed by atoms with Crippen molar-refractivity contribution in [3.05, 3.63) is 24.3 Å². The molecule has 1 atom stereocenters. The Balaban J connectivity index is 1.69. The Hall–Kier alpha value is -1.64. The molecule has 1 aromatic carbocycles. The normalized spacial score (nSPS) is 17.9. The average molecular weight is 398 g/mol. The summed E-state index contributed by atoms with van der Waals surface area (Å²) in [4.78, 5) is 14.1. The first-order valence-corrected chi connectivity index (χ1v) is 10.9. The Morgan fingerprint density at radius 2 is 1.89 bits per heavy atom. The Labute approximate surface area is 162 Å². The number of benzene rings is 1. The van der Waals surface area contributed by atoms with E-state index in [2.05, 4.69) is 14.9 Å². The monoisotopic (exact) mass is 397 g/mol. The number of β-amino-alcohol motifs (C(OH)–C–C–N with tert-alkyl or cyclic N) is 1. The molecule has 1 aliphatic heterocycles. The largest absolute Gasteiger partial charge is 0.391 e. The van der Waals surface area contributed by atoms with Gasteiger partial charge in [-0.2, -0.15) is 0 Å². The average Bonchev–Trinajstić information content (AvgIpc) is 3.00. The highest BCUT2D eigenvalue weighted by atomic mass is 32.2. The molecule has 1 saturated heterocycles. The molecule has 7 nitrogen and oxygen atoms in total. The fourth-order valence-corrected chi connectivity index (χ4v) is 3.64. The van der Waals surface area contributed by atoms with Gasteiger partial charge in [-0.1, -0.05) is 0 Å². The van der Waals surface area contributed by atoms with Gasteiger partial charge in [0.2, 0.25) is 15.9 Å². The van der Waals surface area contributed by atoms with Crippen molar-refractivity contribution in [2.45, 2.75) is 57.3 Å². The molecule has 3 N–H and O–H groups in total. The van der Waals surface area contributed by atoms with Gasteiger partial charge in [-0.05, 0) is 64.3 Å². The third-order valence-electron chi connectivity index (χ3n) is 4.61. The molecular formula is C19H31N3O4S. The molecule has 1 heterocycles. The summed E-state index contributed by atoms with van der Waals surface area (Å²) in [6.07, 6.45) is 2.08. The summed E-state index contributed by atoms with van der Waals surface area (Å²) in [6.45, 7) is 6.78. The van der Waals surface area contributed by atoms with Crippen molar-refractivity contribution in [3.8, 4) is 0 Å². The van der Waals surface area contributed by atoms with E-state index in [0.29, 0.717) is 32.4 Å². The minimum Gasteiger partial charge on any atom is -0.391 e. The molecule has 0 saturated carbocycles. The molecular weight excluding hydrogens is 366 g/mol. The number of rotatable bonds is 8. The number of anilines is 2. The number of aliphatic hydroxyl groups is 1. The van der Waals surface area contributed by atoms with E-state index in [1.807, 2.05) is 24.3 Å². The van der Waals surface area contributed by atoms with Crippen molar-refractivity contribution in [2.24, 2.45) is 0 Å². The van der Waals surface area contributed by atoms with Crippen LogP contribution < -0.4 is 14.9 Å². The number of nitrogens with one attached hydrogen (secondary N) is 2. The summed E-state index contributed by atoms with van der Waals surface area (Å²) in [5.74, 6) is -0.0852. The zero-order valence-electron chi connectivity index (χ0n) is 16.4. The fraction of sp³-hybridized carbons (Fsp3) is 0.632. The SMILES string of the molecule is CC(C)(C)S(=O)(=O)NCCCCC(=O)Nc1ccc(N2CCC(O)C2)cc1. The number of nitrogens with zero attached hydrogens (tertiary/aromatic N) is 1. The third-order valence-corrected chi connectivity index (χ3v) is 6.81. The van der Waals surface area contributed by atoms with E-state index in [9.17, 15) is 18.3 Å². The molecule has 2 rings (SSSR count). The van der Waals surface area contributed by atoms with Gasteiger partial charge in [0.15, 0.2) is 0 Å². The molecule has 1 amide bonds. The molecule has 0 radical (unpaired) electrons. The lowest BCUT2D eigenvalue weighted by molar-refractivity contribution is -0.116. The second kappa shape index (κ2) is 9.03. The number of carbonyl (C=O) groups is 1. The minimum atomic E-state index is -3.33. The van der Waals surface area contributed by atoms with Crippen LogP contribution in [0.1, 0.15) is 46.5 Å². The van der Waals surface area contributed by atoms with E-state index in [-0.39, 0.29) is 12.0 Å². The Bertz CT molecular complexity index is 726. The molecule has 1 unspecified atom stereocenters. The number of aliphatic hydroxyl groups excluding tert-OH is 1.